The molecule has 0 saturated carbocycles. The van der Waals surface area contributed by atoms with E-state index in [4.69, 9.17) is 13.0 Å². The molecular formula is C16H15BFNO3S. The van der Waals surface area contributed by atoms with E-state index in [-0.39, 0.29) is 23.9 Å². The van der Waals surface area contributed by atoms with E-state index in [2.05, 4.69) is 0 Å². The van der Waals surface area contributed by atoms with Gasteiger partial charge in [0.1, 0.15) is 5.82 Å². The standard InChI is InChI=1S/C16H15BFNO3S/c17-13(9-20)10-23-16-5-4-14(18)8-12(16)6-11-2-1-3-15(7-11)19(21)22/h1-5,7-8,13,20H,6,9-10H2. The summed E-state index contributed by atoms with van der Waals surface area (Å²) in [5.74, 6) is -0.207. The van der Waals surface area contributed by atoms with Gasteiger partial charge in [0.2, 0.25) is 0 Å². The van der Waals surface area contributed by atoms with E-state index in [1.165, 1.54) is 36.0 Å². The molecule has 0 aliphatic carbocycles. The Bertz CT molecular complexity index is 699. The van der Waals surface area contributed by atoms with Crippen LogP contribution < -0.4 is 0 Å². The smallest absolute Gasteiger partial charge is 0.269 e. The molecule has 0 heterocycles. The minimum Gasteiger partial charge on any atom is -0.397 e. The molecule has 0 aliphatic rings. The first-order chi connectivity index (χ1) is 11.0. The zero-order valence-corrected chi connectivity index (χ0v) is 13.1. The molecule has 1 atom stereocenters. The Hall–Kier alpha value is -1.86. The molecule has 0 amide bonds. The summed E-state index contributed by atoms with van der Waals surface area (Å²) in [4.78, 5) is 11.2. The number of thioether (sulfide) groups is 1. The number of aliphatic hydroxyl groups excluding tert-OH is 1. The number of halogens is 1. The van der Waals surface area contributed by atoms with Crippen LogP contribution in [0.15, 0.2) is 47.4 Å². The summed E-state index contributed by atoms with van der Waals surface area (Å²) in [6.07, 6.45) is 0.385. The Morgan fingerprint density at radius 3 is 2.78 bits per heavy atom. The summed E-state index contributed by atoms with van der Waals surface area (Å²) >= 11 is 1.43. The average Bonchev–Trinajstić information content (AvgIpc) is 2.54. The second-order valence-electron chi connectivity index (χ2n) is 5.11. The molecule has 118 valence electrons. The summed E-state index contributed by atoms with van der Waals surface area (Å²) in [7, 11) is 5.69. The number of aliphatic hydroxyl groups is 1. The van der Waals surface area contributed by atoms with Gasteiger partial charge in [-0.25, -0.2) is 4.39 Å². The summed E-state index contributed by atoms with van der Waals surface area (Å²) in [5, 5.41) is 19.8. The van der Waals surface area contributed by atoms with Crippen molar-refractivity contribution in [3.63, 3.8) is 0 Å². The molecule has 23 heavy (non-hydrogen) atoms. The molecule has 1 unspecified atom stereocenters. The van der Waals surface area contributed by atoms with Crippen LogP contribution in [-0.2, 0) is 6.42 Å². The number of benzene rings is 2. The molecular weight excluding hydrogens is 316 g/mol. The van der Waals surface area contributed by atoms with Crippen LogP contribution in [0.4, 0.5) is 10.1 Å². The molecule has 0 aliphatic heterocycles. The predicted molar refractivity (Wildman–Crippen MR) is 89.6 cm³/mol. The van der Waals surface area contributed by atoms with Gasteiger partial charge in [-0.1, -0.05) is 12.1 Å². The minimum atomic E-state index is -0.453. The van der Waals surface area contributed by atoms with Crippen molar-refractivity contribution in [2.75, 3.05) is 12.4 Å². The van der Waals surface area contributed by atoms with Gasteiger partial charge in [-0.3, -0.25) is 10.1 Å². The number of hydrogen-bond donors (Lipinski definition) is 1. The van der Waals surface area contributed by atoms with Crippen molar-refractivity contribution in [2.24, 2.45) is 0 Å². The van der Waals surface area contributed by atoms with E-state index in [1.807, 2.05) is 0 Å². The summed E-state index contributed by atoms with van der Waals surface area (Å²) < 4.78 is 13.5. The summed E-state index contributed by atoms with van der Waals surface area (Å²) in [6, 6.07) is 10.7. The highest BCUT2D eigenvalue weighted by atomic mass is 32.2. The van der Waals surface area contributed by atoms with Gasteiger partial charge in [0, 0.05) is 23.6 Å². The second-order valence-corrected chi connectivity index (χ2v) is 6.17. The minimum absolute atomic E-state index is 0.00964. The highest BCUT2D eigenvalue weighted by molar-refractivity contribution is 7.99. The molecule has 7 heteroatoms. The first-order valence-electron chi connectivity index (χ1n) is 7.00. The van der Waals surface area contributed by atoms with Crippen molar-refractivity contribution < 1.29 is 14.4 Å². The maximum Gasteiger partial charge on any atom is 0.269 e. The van der Waals surface area contributed by atoms with E-state index < -0.39 is 4.92 Å². The lowest BCUT2D eigenvalue weighted by molar-refractivity contribution is -0.384. The highest BCUT2D eigenvalue weighted by Gasteiger charge is 2.11. The normalized spacial score (nSPS) is 12.1. The maximum absolute atomic E-state index is 13.5. The van der Waals surface area contributed by atoms with Gasteiger partial charge in [0.05, 0.1) is 12.8 Å². The molecule has 2 aromatic rings. The third kappa shape index (κ3) is 5.08. The maximum atomic E-state index is 13.5. The molecule has 0 aromatic heterocycles. The molecule has 2 rings (SSSR count). The van der Waals surface area contributed by atoms with Crippen molar-refractivity contribution >= 4 is 25.3 Å². The first kappa shape index (κ1) is 17.5. The van der Waals surface area contributed by atoms with Crippen molar-refractivity contribution in [3.05, 3.63) is 69.5 Å². The largest absolute Gasteiger partial charge is 0.397 e. The van der Waals surface area contributed by atoms with Crippen LogP contribution >= 0.6 is 11.8 Å². The van der Waals surface area contributed by atoms with Gasteiger partial charge in [-0.2, -0.15) is 0 Å². The van der Waals surface area contributed by atoms with Gasteiger partial charge in [-0.15, -0.1) is 11.8 Å². The van der Waals surface area contributed by atoms with Crippen LogP contribution in [0.5, 0.6) is 0 Å². The van der Waals surface area contributed by atoms with Crippen LogP contribution in [0, 0.1) is 15.9 Å². The Balaban J connectivity index is 2.22. The van der Waals surface area contributed by atoms with Crippen LogP contribution in [0.2, 0.25) is 5.82 Å². The lowest BCUT2D eigenvalue weighted by atomic mass is 9.91. The highest BCUT2D eigenvalue weighted by Crippen LogP contribution is 2.28. The van der Waals surface area contributed by atoms with E-state index >= 15 is 0 Å². The molecule has 0 fully saturated rings. The Morgan fingerprint density at radius 1 is 1.30 bits per heavy atom. The number of nitro groups is 1. The zero-order valence-electron chi connectivity index (χ0n) is 12.3. The van der Waals surface area contributed by atoms with Gasteiger partial charge in [-0.05, 0) is 47.3 Å². The van der Waals surface area contributed by atoms with Crippen molar-refractivity contribution in [2.45, 2.75) is 17.1 Å². The SMILES string of the molecule is [B]C(CO)CSc1ccc(F)cc1Cc1cccc([N+](=O)[O-])c1. The molecule has 2 radical (unpaired) electrons. The van der Waals surface area contributed by atoms with E-state index in [0.29, 0.717) is 12.2 Å². The monoisotopic (exact) mass is 331 g/mol. The number of non-ortho nitro benzene ring substituents is 1. The van der Waals surface area contributed by atoms with Crippen LogP contribution in [-0.4, -0.2) is 30.2 Å². The molecule has 0 saturated heterocycles. The van der Waals surface area contributed by atoms with Crippen LogP contribution in [0.1, 0.15) is 11.1 Å². The molecule has 0 bridgehead atoms. The number of rotatable bonds is 7. The van der Waals surface area contributed by atoms with Crippen molar-refractivity contribution in [3.8, 4) is 0 Å². The van der Waals surface area contributed by atoms with E-state index in [0.717, 1.165) is 16.0 Å². The fourth-order valence-corrected chi connectivity index (χ4v) is 3.06. The summed E-state index contributed by atoms with van der Waals surface area (Å²) in [5.41, 5.74) is 1.48. The molecule has 2 aromatic carbocycles. The average molecular weight is 331 g/mol. The van der Waals surface area contributed by atoms with E-state index in [9.17, 15) is 14.5 Å². The third-order valence-electron chi connectivity index (χ3n) is 3.23. The zero-order chi connectivity index (χ0) is 16.8. The molecule has 0 spiro atoms. The Morgan fingerprint density at radius 2 is 2.09 bits per heavy atom. The second kappa shape index (κ2) is 8.13. The van der Waals surface area contributed by atoms with Crippen molar-refractivity contribution in [1.29, 1.82) is 0 Å². The lowest BCUT2D eigenvalue weighted by Crippen LogP contribution is -2.02. The van der Waals surface area contributed by atoms with E-state index in [1.54, 1.807) is 18.2 Å². The van der Waals surface area contributed by atoms with Crippen molar-refractivity contribution in [1.82, 2.24) is 0 Å². The Kier molecular flexibility index (Phi) is 6.18. The van der Waals surface area contributed by atoms with Gasteiger partial charge in [0.25, 0.3) is 5.69 Å². The Labute approximate surface area is 139 Å². The lowest BCUT2D eigenvalue weighted by Gasteiger charge is -2.12. The van der Waals surface area contributed by atoms with Gasteiger partial charge in [0.15, 0.2) is 0 Å². The molecule has 4 nitrogen and oxygen atoms in total. The number of nitro benzene ring substituents is 1. The fourth-order valence-electron chi connectivity index (χ4n) is 2.08. The van der Waals surface area contributed by atoms with Gasteiger partial charge >= 0.3 is 0 Å². The van der Waals surface area contributed by atoms with Crippen LogP contribution in [0.25, 0.3) is 0 Å². The summed E-state index contributed by atoms with van der Waals surface area (Å²) in [6.45, 7) is -0.117. The predicted octanol–water partition coefficient (Wildman–Crippen LogP) is 3.37. The van der Waals surface area contributed by atoms with Crippen LogP contribution in [0.3, 0.4) is 0 Å². The first-order valence-corrected chi connectivity index (χ1v) is 7.99. The topological polar surface area (TPSA) is 63.4 Å². The number of nitrogens with zero attached hydrogens (tertiary/aromatic N) is 1. The van der Waals surface area contributed by atoms with Gasteiger partial charge < -0.3 is 5.11 Å². The number of hydrogen-bond acceptors (Lipinski definition) is 4. The third-order valence-corrected chi connectivity index (χ3v) is 4.53. The fraction of sp³-hybridized carbons (Fsp3) is 0.250. The molecule has 1 N–H and O–H groups in total. The quantitative estimate of drug-likeness (QED) is 0.366.